The number of hydrogen-bond acceptors (Lipinski definition) is 7. The van der Waals surface area contributed by atoms with Crippen molar-refractivity contribution in [2.45, 2.75) is 24.5 Å². The SMILES string of the molecule is NC1=NC(=O)N([C@@H]2O[C@H](CO)[C@@H](O)[C@H]2O)NC1. The number of amides is 2. The minimum Gasteiger partial charge on any atom is -0.394 e. The van der Waals surface area contributed by atoms with Crippen LogP contribution < -0.4 is 11.2 Å². The van der Waals surface area contributed by atoms with Crippen molar-refractivity contribution >= 4 is 11.9 Å². The van der Waals surface area contributed by atoms with Crippen molar-refractivity contribution in [2.24, 2.45) is 10.7 Å². The second-order valence-corrected chi connectivity index (χ2v) is 3.82. The number of nitrogens with two attached hydrogens (primary N) is 1. The first-order chi connectivity index (χ1) is 8.04. The number of amidine groups is 1. The number of carbonyl (C=O) groups excluding carboxylic acids is 1. The Kier molecular flexibility index (Phi) is 3.26. The van der Waals surface area contributed by atoms with Gasteiger partial charge in [-0.05, 0) is 0 Å². The minimum atomic E-state index is -1.32. The summed E-state index contributed by atoms with van der Waals surface area (Å²) in [5.74, 6) is 0.123. The molecule has 2 rings (SSSR count). The van der Waals surface area contributed by atoms with Crippen LogP contribution in [0, 0.1) is 0 Å². The van der Waals surface area contributed by atoms with Crippen LogP contribution in [0.5, 0.6) is 0 Å². The summed E-state index contributed by atoms with van der Waals surface area (Å²) in [6.45, 7) is -0.319. The molecule has 2 aliphatic rings. The zero-order valence-electron chi connectivity index (χ0n) is 8.85. The zero-order chi connectivity index (χ0) is 12.6. The number of urea groups is 1. The average Bonchev–Trinajstić information content (AvgIpc) is 2.57. The van der Waals surface area contributed by atoms with Gasteiger partial charge in [-0.3, -0.25) is 0 Å². The van der Waals surface area contributed by atoms with Gasteiger partial charge in [-0.2, -0.15) is 4.99 Å². The molecule has 4 atom stereocenters. The van der Waals surface area contributed by atoms with E-state index in [0.29, 0.717) is 0 Å². The van der Waals surface area contributed by atoms with Crippen LogP contribution in [0.3, 0.4) is 0 Å². The van der Waals surface area contributed by atoms with Crippen LogP contribution in [-0.2, 0) is 4.74 Å². The van der Waals surface area contributed by atoms with Gasteiger partial charge in [0.25, 0.3) is 0 Å². The molecule has 0 spiro atoms. The molecule has 9 nitrogen and oxygen atoms in total. The van der Waals surface area contributed by atoms with Gasteiger partial charge in [0.2, 0.25) is 0 Å². The summed E-state index contributed by atoms with van der Waals surface area (Å²) < 4.78 is 5.16. The number of hydrogen-bond donors (Lipinski definition) is 5. The standard InChI is InChI=1S/C8H14N4O5/c9-4-1-10-12(8(16)11-4)7-6(15)5(14)3(2-13)17-7/h3,5-7,10,13-15H,1-2H2,(H2,9,11,16)/t3-,5-,6-,7-/m1/s1. The topological polar surface area (TPSA) is 141 Å². The largest absolute Gasteiger partial charge is 0.394 e. The molecule has 0 aromatic rings. The van der Waals surface area contributed by atoms with Crippen molar-refractivity contribution in [3.05, 3.63) is 0 Å². The Labute approximate surface area is 96.5 Å². The lowest BCUT2D eigenvalue weighted by Crippen LogP contribution is -2.58. The molecule has 0 aromatic heterocycles. The van der Waals surface area contributed by atoms with Gasteiger partial charge in [-0.1, -0.05) is 0 Å². The van der Waals surface area contributed by atoms with Crippen LogP contribution in [-0.4, -0.2) is 69.9 Å². The summed E-state index contributed by atoms with van der Waals surface area (Å²) in [5, 5.41) is 29.1. The third-order valence-corrected chi connectivity index (χ3v) is 2.65. The van der Waals surface area contributed by atoms with Crippen molar-refractivity contribution in [1.29, 1.82) is 0 Å². The van der Waals surface area contributed by atoms with Crippen molar-refractivity contribution in [2.75, 3.05) is 13.2 Å². The summed E-state index contributed by atoms with van der Waals surface area (Å²) in [5.41, 5.74) is 7.96. The van der Waals surface area contributed by atoms with Gasteiger partial charge in [-0.15, -0.1) is 0 Å². The van der Waals surface area contributed by atoms with Gasteiger partial charge < -0.3 is 25.8 Å². The summed E-state index contributed by atoms with van der Waals surface area (Å²) in [4.78, 5) is 15.0. The Hall–Kier alpha value is -1.26. The van der Waals surface area contributed by atoms with E-state index >= 15 is 0 Å². The van der Waals surface area contributed by atoms with Gasteiger partial charge in [0.05, 0.1) is 13.2 Å². The first-order valence-corrected chi connectivity index (χ1v) is 5.06. The van der Waals surface area contributed by atoms with E-state index < -0.39 is 37.2 Å². The maximum Gasteiger partial charge on any atom is 0.362 e. The highest BCUT2D eigenvalue weighted by Crippen LogP contribution is 2.23. The van der Waals surface area contributed by atoms with Gasteiger partial charge in [0.15, 0.2) is 6.23 Å². The van der Waals surface area contributed by atoms with E-state index in [1.54, 1.807) is 0 Å². The average molecular weight is 246 g/mol. The maximum atomic E-state index is 11.5. The number of aliphatic imine (C=N–C) groups is 1. The monoisotopic (exact) mass is 246 g/mol. The molecule has 17 heavy (non-hydrogen) atoms. The van der Waals surface area contributed by atoms with E-state index in [1.807, 2.05) is 0 Å². The molecular weight excluding hydrogens is 232 g/mol. The first kappa shape index (κ1) is 12.2. The lowest BCUT2D eigenvalue weighted by molar-refractivity contribution is -0.0937. The van der Waals surface area contributed by atoms with Gasteiger partial charge in [0, 0.05) is 0 Å². The van der Waals surface area contributed by atoms with Gasteiger partial charge in [-0.25, -0.2) is 15.2 Å². The molecule has 0 aliphatic carbocycles. The molecule has 6 N–H and O–H groups in total. The Bertz CT molecular complexity index is 349. The minimum absolute atomic E-state index is 0.123. The second kappa shape index (κ2) is 4.55. The number of rotatable bonds is 2. The summed E-state index contributed by atoms with van der Waals surface area (Å²) in [6, 6.07) is -0.719. The fraction of sp³-hybridized carbons (Fsp3) is 0.750. The molecule has 0 aromatic carbocycles. The number of aliphatic hydroxyl groups excluding tert-OH is 3. The van der Waals surface area contributed by atoms with Crippen molar-refractivity contribution in [3.8, 4) is 0 Å². The van der Waals surface area contributed by atoms with Gasteiger partial charge >= 0.3 is 6.03 Å². The van der Waals surface area contributed by atoms with E-state index in [9.17, 15) is 15.0 Å². The molecule has 2 aliphatic heterocycles. The number of nitrogens with zero attached hydrogens (tertiary/aromatic N) is 2. The molecule has 2 amide bonds. The molecule has 1 fully saturated rings. The highest BCUT2D eigenvalue weighted by Gasteiger charge is 2.47. The number of ether oxygens (including phenoxy) is 1. The van der Waals surface area contributed by atoms with Crippen LogP contribution in [0.25, 0.3) is 0 Å². The van der Waals surface area contributed by atoms with Crippen LogP contribution in [0.15, 0.2) is 4.99 Å². The summed E-state index contributed by atoms with van der Waals surface area (Å²) in [6.07, 6.45) is -4.62. The van der Waals surface area contributed by atoms with E-state index in [0.717, 1.165) is 5.01 Å². The molecule has 96 valence electrons. The lowest BCUT2D eigenvalue weighted by Gasteiger charge is -2.31. The van der Waals surface area contributed by atoms with E-state index in [-0.39, 0.29) is 12.4 Å². The van der Waals surface area contributed by atoms with Crippen LogP contribution in [0.2, 0.25) is 0 Å². The quantitative estimate of drug-likeness (QED) is 0.344. The first-order valence-electron chi connectivity index (χ1n) is 5.06. The molecule has 0 bridgehead atoms. The third kappa shape index (κ3) is 2.10. The van der Waals surface area contributed by atoms with E-state index in [1.165, 1.54) is 0 Å². The van der Waals surface area contributed by atoms with Crippen LogP contribution in [0.1, 0.15) is 0 Å². The Morgan fingerprint density at radius 1 is 1.53 bits per heavy atom. The van der Waals surface area contributed by atoms with Crippen molar-refractivity contribution in [3.63, 3.8) is 0 Å². The molecule has 2 heterocycles. The predicted octanol–water partition coefficient (Wildman–Crippen LogP) is -3.28. The number of aliphatic hydroxyl groups is 3. The fourth-order valence-corrected chi connectivity index (χ4v) is 1.74. The van der Waals surface area contributed by atoms with Crippen molar-refractivity contribution < 1.29 is 24.9 Å². The highest BCUT2D eigenvalue weighted by molar-refractivity contribution is 5.95. The van der Waals surface area contributed by atoms with Gasteiger partial charge in [0.1, 0.15) is 24.1 Å². The number of hydrazine groups is 1. The lowest BCUT2D eigenvalue weighted by atomic mass is 10.1. The molecule has 1 saturated heterocycles. The molecule has 0 saturated carbocycles. The predicted molar refractivity (Wildman–Crippen MR) is 54.6 cm³/mol. The summed E-state index contributed by atoms with van der Waals surface area (Å²) in [7, 11) is 0. The second-order valence-electron chi connectivity index (χ2n) is 3.82. The third-order valence-electron chi connectivity index (χ3n) is 2.65. The Balaban J connectivity index is 2.11. The van der Waals surface area contributed by atoms with Crippen LogP contribution >= 0.6 is 0 Å². The fourth-order valence-electron chi connectivity index (χ4n) is 1.74. The molecule has 0 unspecified atom stereocenters. The Morgan fingerprint density at radius 2 is 2.24 bits per heavy atom. The highest BCUT2D eigenvalue weighted by atomic mass is 16.6. The maximum absolute atomic E-state index is 11.5. The number of nitrogens with one attached hydrogen (secondary N) is 1. The van der Waals surface area contributed by atoms with Crippen LogP contribution in [0.4, 0.5) is 4.79 Å². The molecule has 0 radical (unpaired) electrons. The molecular formula is C8H14N4O5. The number of carbonyl (C=O) groups is 1. The Morgan fingerprint density at radius 3 is 2.76 bits per heavy atom. The van der Waals surface area contributed by atoms with E-state index in [2.05, 4.69) is 10.4 Å². The zero-order valence-corrected chi connectivity index (χ0v) is 8.85. The smallest absolute Gasteiger partial charge is 0.362 e. The molecule has 9 heteroatoms. The van der Waals surface area contributed by atoms with Crippen molar-refractivity contribution in [1.82, 2.24) is 10.4 Å². The summed E-state index contributed by atoms with van der Waals surface area (Å²) >= 11 is 0. The normalized spacial score (nSPS) is 38.4. The van der Waals surface area contributed by atoms with E-state index in [4.69, 9.17) is 15.6 Å².